The van der Waals surface area contributed by atoms with Crippen molar-refractivity contribution in [1.29, 1.82) is 0 Å². The topological polar surface area (TPSA) is 162 Å². The number of carbonyl (C=O) groups is 1. The van der Waals surface area contributed by atoms with Gasteiger partial charge in [-0.1, -0.05) is 36.4 Å². The Morgan fingerprint density at radius 1 is 1.14 bits per heavy atom. The maximum absolute atomic E-state index is 12.0. The Labute approximate surface area is 166 Å². The maximum Gasteiger partial charge on any atom is 0.290 e. The van der Waals surface area contributed by atoms with Crippen LogP contribution in [0.15, 0.2) is 53.5 Å². The molecule has 3 rings (SSSR count). The van der Waals surface area contributed by atoms with Gasteiger partial charge in [-0.3, -0.25) is 9.35 Å². The SMILES string of the molecule is CS(=O)(=O)O.NCc1ccc(-c2cccc3sc(C(=O)N=C(N)N)cc23)cc1. The van der Waals surface area contributed by atoms with E-state index in [4.69, 9.17) is 21.8 Å². The summed E-state index contributed by atoms with van der Waals surface area (Å²) in [6.07, 6.45) is 0.715. The fraction of sp³-hybridized carbons (Fsp3) is 0.111. The number of nitrogens with two attached hydrogens (primary N) is 3. The van der Waals surface area contributed by atoms with Gasteiger partial charge in [0.1, 0.15) is 0 Å². The van der Waals surface area contributed by atoms with Crippen LogP contribution in [0, 0.1) is 0 Å². The largest absolute Gasteiger partial charge is 0.370 e. The van der Waals surface area contributed by atoms with Crippen molar-refractivity contribution in [3.8, 4) is 11.1 Å². The molecule has 0 aliphatic rings. The molecule has 0 fully saturated rings. The highest BCUT2D eigenvalue weighted by Crippen LogP contribution is 2.34. The lowest BCUT2D eigenvalue weighted by molar-refractivity contribution is 0.101. The maximum atomic E-state index is 12.0. The van der Waals surface area contributed by atoms with Gasteiger partial charge in [0.05, 0.1) is 11.1 Å². The molecule has 1 aromatic heterocycles. The van der Waals surface area contributed by atoms with Gasteiger partial charge in [0.2, 0.25) is 0 Å². The average molecular weight is 421 g/mol. The lowest BCUT2D eigenvalue weighted by atomic mass is 10.0. The number of hydrogen-bond acceptors (Lipinski definition) is 5. The smallest absolute Gasteiger partial charge is 0.290 e. The van der Waals surface area contributed by atoms with Crippen molar-refractivity contribution in [2.75, 3.05) is 6.26 Å². The van der Waals surface area contributed by atoms with E-state index in [1.807, 2.05) is 48.5 Å². The van der Waals surface area contributed by atoms with Crippen molar-refractivity contribution in [3.63, 3.8) is 0 Å². The Kier molecular flexibility index (Phi) is 6.86. The summed E-state index contributed by atoms with van der Waals surface area (Å²) in [5.41, 5.74) is 19.4. The molecule has 7 N–H and O–H groups in total. The zero-order valence-electron chi connectivity index (χ0n) is 15.0. The number of aliphatic imine (C=N–C) groups is 1. The van der Waals surface area contributed by atoms with Crippen molar-refractivity contribution in [3.05, 3.63) is 59.0 Å². The second kappa shape index (κ2) is 8.93. The summed E-state index contributed by atoms with van der Waals surface area (Å²) in [5.74, 6) is -0.652. The normalized spacial score (nSPS) is 10.8. The molecule has 1 heterocycles. The Morgan fingerprint density at radius 3 is 2.29 bits per heavy atom. The van der Waals surface area contributed by atoms with Crippen molar-refractivity contribution >= 4 is 43.4 Å². The average Bonchev–Trinajstić information content (AvgIpc) is 3.04. The second-order valence-electron chi connectivity index (χ2n) is 5.80. The van der Waals surface area contributed by atoms with Crippen LogP contribution in [-0.4, -0.2) is 31.1 Å². The zero-order valence-corrected chi connectivity index (χ0v) is 16.6. The van der Waals surface area contributed by atoms with E-state index < -0.39 is 16.0 Å². The number of amides is 1. The van der Waals surface area contributed by atoms with E-state index >= 15 is 0 Å². The standard InChI is InChI=1S/C17H16N4OS.CH4O3S/c18-9-10-4-6-11(7-5-10)12-2-1-3-14-13(12)8-15(23-14)16(22)21-17(19)20;1-5(2,3)4/h1-8H,9,18H2,(H4,19,20,21,22);1H3,(H,2,3,4). The molecule has 0 bridgehead atoms. The summed E-state index contributed by atoms with van der Waals surface area (Å²) < 4.78 is 26.9. The van der Waals surface area contributed by atoms with Crippen LogP contribution in [0.1, 0.15) is 15.2 Å². The minimum absolute atomic E-state index is 0.231. The first kappa shape index (κ1) is 21.5. The summed E-state index contributed by atoms with van der Waals surface area (Å²) in [5, 5.41) is 1.01. The molecule has 0 aliphatic carbocycles. The lowest BCUT2D eigenvalue weighted by Crippen LogP contribution is -2.24. The van der Waals surface area contributed by atoms with Gasteiger partial charge in [-0.15, -0.1) is 11.3 Å². The molecule has 1 amide bonds. The van der Waals surface area contributed by atoms with E-state index in [9.17, 15) is 13.2 Å². The molecule has 3 aromatic rings. The van der Waals surface area contributed by atoms with Crippen molar-refractivity contribution < 1.29 is 17.8 Å². The molecule has 2 aromatic carbocycles. The monoisotopic (exact) mass is 420 g/mol. The van der Waals surface area contributed by atoms with Gasteiger partial charge < -0.3 is 17.2 Å². The number of carbonyl (C=O) groups excluding carboxylic acids is 1. The van der Waals surface area contributed by atoms with Crippen molar-refractivity contribution in [2.45, 2.75) is 6.54 Å². The van der Waals surface area contributed by atoms with E-state index in [-0.39, 0.29) is 5.96 Å². The predicted molar refractivity (Wildman–Crippen MR) is 113 cm³/mol. The number of nitrogens with zero attached hydrogens (tertiary/aromatic N) is 1. The van der Waals surface area contributed by atoms with Crippen molar-refractivity contribution in [1.82, 2.24) is 0 Å². The number of benzene rings is 2. The van der Waals surface area contributed by atoms with Gasteiger partial charge in [0, 0.05) is 16.6 Å². The molecule has 8 nitrogen and oxygen atoms in total. The third-order valence-electron chi connectivity index (χ3n) is 3.50. The molecule has 0 aliphatic heterocycles. The molecule has 148 valence electrons. The third kappa shape index (κ3) is 6.13. The fourth-order valence-electron chi connectivity index (χ4n) is 2.41. The van der Waals surface area contributed by atoms with Crippen LogP contribution in [0.4, 0.5) is 0 Å². The van der Waals surface area contributed by atoms with Crippen LogP contribution in [0.25, 0.3) is 21.2 Å². The molecule has 10 heteroatoms. The first-order valence-electron chi connectivity index (χ1n) is 7.97. The first-order valence-corrected chi connectivity index (χ1v) is 10.6. The highest BCUT2D eigenvalue weighted by Gasteiger charge is 2.13. The summed E-state index contributed by atoms with van der Waals surface area (Å²) in [6.45, 7) is 0.514. The van der Waals surface area contributed by atoms with Gasteiger partial charge in [-0.2, -0.15) is 13.4 Å². The Bertz CT molecular complexity index is 1110. The Morgan fingerprint density at radius 2 is 1.75 bits per heavy atom. The van der Waals surface area contributed by atoms with Gasteiger partial charge >= 0.3 is 0 Å². The van der Waals surface area contributed by atoms with Crippen LogP contribution in [0.5, 0.6) is 0 Å². The summed E-state index contributed by atoms with van der Waals surface area (Å²) in [6, 6.07) is 15.9. The molecule has 0 spiro atoms. The second-order valence-corrected chi connectivity index (χ2v) is 8.35. The van der Waals surface area contributed by atoms with Gasteiger partial charge in [0.25, 0.3) is 16.0 Å². The minimum Gasteiger partial charge on any atom is -0.370 e. The fourth-order valence-corrected chi connectivity index (χ4v) is 3.38. The number of hydrogen-bond donors (Lipinski definition) is 4. The van der Waals surface area contributed by atoms with Gasteiger partial charge in [0.15, 0.2) is 5.96 Å². The molecular formula is C18H20N4O4S2. The van der Waals surface area contributed by atoms with Gasteiger partial charge in [-0.25, -0.2) is 0 Å². The lowest BCUT2D eigenvalue weighted by Gasteiger charge is -2.04. The number of guanidine groups is 1. The number of rotatable bonds is 3. The molecule has 0 saturated carbocycles. The Balaban J connectivity index is 0.000000500. The van der Waals surface area contributed by atoms with E-state index in [2.05, 4.69) is 4.99 Å². The van der Waals surface area contributed by atoms with E-state index in [1.54, 1.807) is 0 Å². The number of fused-ring (bicyclic) bond motifs is 1. The molecular weight excluding hydrogens is 400 g/mol. The summed E-state index contributed by atoms with van der Waals surface area (Å²) >= 11 is 1.38. The summed E-state index contributed by atoms with van der Waals surface area (Å²) in [4.78, 5) is 16.1. The zero-order chi connectivity index (χ0) is 20.9. The van der Waals surface area contributed by atoms with Gasteiger partial charge in [-0.05, 0) is 28.8 Å². The van der Waals surface area contributed by atoms with Crippen molar-refractivity contribution in [2.24, 2.45) is 22.2 Å². The predicted octanol–water partition coefficient (Wildman–Crippen LogP) is 1.94. The summed E-state index contributed by atoms with van der Waals surface area (Å²) in [7, 11) is -3.67. The number of thiophene rings is 1. The molecule has 0 saturated heterocycles. The Hall–Kier alpha value is -2.79. The van der Waals surface area contributed by atoms with E-state index in [0.717, 1.165) is 26.8 Å². The van der Waals surface area contributed by atoms with E-state index in [0.29, 0.717) is 17.7 Å². The third-order valence-corrected chi connectivity index (χ3v) is 4.59. The van der Waals surface area contributed by atoms with Crippen LogP contribution >= 0.6 is 11.3 Å². The molecule has 0 unspecified atom stereocenters. The van der Waals surface area contributed by atoms with Crippen LogP contribution < -0.4 is 17.2 Å². The van der Waals surface area contributed by atoms with Crippen LogP contribution in [0.3, 0.4) is 0 Å². The molecule has 28 heavy (non-hydrogen) atoms. The molecule has 0 radical (unpaired) electrons. The highest BCUT2D eigenvalue weighted by atomic mass is 32.2. The van der Waals surface area contributed by atoms with E-state index in [1.165, 1.54) is 11.3 Å². The quantitative estimate of drug-likeness (QED) is 0.286. The molecule has 0 atom stereocenters. The van der Waals surface area contributed by atoms with Crippen LogP contribution in [-0.2, 0) is 16.7 Å². The first-order chi connectivity index (χ1) is 13.1. The minimum atomic E-state index is -3.67. The highest BCUT2D eigenvalue weighted by molar-refractivity contribution is 7.85. The van der Waals surface area contributed by atoms with Crippen LogP contribution in [0.2, 0.25) is 0 Å².